The molecular weight excluding hydrogens is 458 g/mol. The van der Waals surface area contributed by atoms with E-state index in [0.29, 0.717) is 17.0 Å². The van der Waals surface area contributed by atoms with E-state index in [1.54, 1.807) is 60.2 Å². The van der Waals surface area contributed by atoms with Crippen molar-refractivity contribution in [2.75, 3.05) is 13.7 Å². The summed E-state index contributed by atoms with van der Waals surface area (Å²) in [5.74, 6) is 0.222. The van der Waals surface area contributed by atoms with Gasteiger partial charge < -0.3 is 23.0 Å². The molecule has 3 aromatic heterocycles. The van der Waals surface area contributed by atoms with Gasteiger partial charge in [-0.05, 0) is 29.8 Å². The molecule has 10 heteroatoms. The Morgan fingerprint density at radius 3 is 2.47 bits per heavy atom. The molecule has 0 saturated heterocycles. The number of carbonyl (C=O) groups excluding carboxylic acids is 1. The first-order chi connectivity index (χ1) is 16.5. The first-order valence-electron chi connectivity index (χ1n) is 10.6. The van der Waals surface area contributed by atoms with E-state index < -0.39 is 9.84 Å². The lowest BCUT2D eigenvalue weighted by atomic mass is 10.2. The third-order valence-corrected chi connectivity index (χ3v) is 6.79. The van der Waals surface area contributed by atoms with Crippen LogP contribution in [0.3, 0.4) is 0 Å². The summed E-state index contributed by atoms with van der Waals surface area (Å²) in [6.45, 7) is 0.812. The van der Waals surface area contributed by atoms with Crippen molar-refractivity contribution in [1.29, 1.82) is 0 Å². The molecule has 1 aromatic carbocycles. The molecule has 0 N–H and O–H groups in total. The molecule has 34 heavy (non-hydrogen) atoms. The molecular formula is C24H25N3O6S. The van der Waals surface area contributed by atoms with Crippen LogP contribution in [0.1, 0.15) is 27.6 Å². The maximum Gasteiger partial charge on any atom is 0.290 e. The monoisotopic (exact) mass is 483 g/mol. The average molecular weight is 484 g/mol. The Hall–Kier alpha value is -3.63. The number of imidazole rings is 1. The average Bonchev–Trinajstić information content (AvgIpc) is 3.59. The van der Waals surface area contributed by atoms with Crippen LogP contribution in [0.15, 0.2) is 87.3 Å². The number of hydrogen-bond acceptors (Lipinski definition) is 7. The Labute approximate surface area is 197 Å². The third-order valence-electron chi connectivity index (χ3n) is 5.20. The van der Waals surface area contributed by atoms with Gasteiger partial charge in [-0.1, -0.05) is 30.3 Å². The van der Waals surface area contributed by atoms with E-state index in [-0.39, 0.29) is 48.8 Å². The van der Waals surface area contributed by atoms with Crippen LogP contribution in [-0.4, -0.2) is 42.5 Å². The summed E-state index contributed by atoms with van der Waals surface area (Å²) in [6, 6.07) is 15.6. The Morgan fingerprint density at radius 1 is 1.03 bits per heavy atom. The largest absolute Gasteiger partial charge is 0.467 e. The molecule has 0 bridgehead atoms. The summed E-state index contributed by atoms with van der Waals surface area (Å²) in [6.07, 6.45) is 4.44. The molecule has 4 aromatic rings. The van der Waals surface area contributed by atoms with E-state index >= 15 is 0 Å². The van der Waals surface area contributed by atoms with Gasteiger partial charge in [-0.25, -0.2) is 13.4 Å². The molecule has 0 unspecified atom stereocenters. The number of rotatable bonds is 11. The molecule has 0 radical (unpaired) electrons. The predicted molar refractivity (Wildman–Crippen MR) is 122 cm³/mol. The number of hydrogen-bond donors (Lipinski definition) is 0. The lowest BCUT2D eigenvalue weighted by molar-refractivity contribution is 0.0679. The van der Waals surface area contributed by atoms with Gasteiger partial charge in [0, 0.05) is 13.7 Å². The maximum atomic E-state index is 13.2. The van der Waals surface area contributed by atoms with Crippen molar-refractivity contribution in [2.24, 2.45) is 0 Å². The summed E-state index contributed by atoms with van der Waals surface area (Å²) in [7, 11) is -2.21. The van der Waals surface area contributed by atoms with Gasteiger partial charge in [-0.2, -0.15) is 0 Å². The second-order valence-corrected chi connectivity index (χ2v) is 9.52. The van der Waals surface area contributed by atoms with Crippen LogP contribution in [-0.2, 0) is 40.0 Å². The Kier molecular flexibility index (Phi) is 7.29. The topological polar surface area (TPSA) is 108 Å². The number of benzene rings is 1. The molecule has 4 rings (SSSR count). The molecule has 0 atom stereocenters. The highest BCUT2D eigenvalue weighted by Crippen LogP contribution is 2.21. The van der Waals surface area contributed by atoms with Crippen LogP contribution in [0, 0.1) is 0 Å². The van der Waals surface area contributed by atoms with Crippen molar-refractivity contribution < 1.29 is 26.8 Å². The van der Waals surface area contributed by atoms with Crippen LogP contribution in [0.2, 0.25) is 0 Å². The number of amides is 1. The predicted octanol–water partition coefficient (Wildman–Crippen LogP) is 3.53. The van der Waals surface area contributed by atoms with Gasteiger partial charge >= 0.3 is 0 Å². The molecule has 178 valence electrons. The normalized spacial score (nSPS) is 11.6. The zero-order chi connectivity index (χ0) is 24.0. The summed E-state index contributed by atoms with van der Waals surface area (Å²) < 4.78 is 44.0. The zero-order valence-electron chi connectivity index (χ0n) is 18.7. The summed E-state index contributed by atoms with van der Waals surface area (Å²) in [5.41, 5.74) is 1.22. The number of methoxy groups -OCH3 is 1. The fourth-order valence-electron chi connectivity index (χ4n) is 3.59. The van der Waals surface area contributed by atoms with Gasteiger partial charge in [-0.15, -0.1) is 0 Å². The fourth-order valence-corrected chi connectivity index (χ4v) is 5.11. The van der Waals surface area contributed by atoms with E-state index in [2.05, 4.69) is 4.98 Å². The highest BCUT2D eigenvalue weighted by atomic mass is 32.2. The highest BCUT2D eigenvalue weighted by molar-refractivity contribution is 7.90. The van der Waals surface area contributed by atoms with Crippen LogP contribution < -0.4 is 0 Å². The first-order valence-corrected chi connectivity index (χ1v) is 12.3. The minimum atomic E-state index is -3.75. The van der Waals surface area contributed by atoms with Crippen molar-refractivity contribution in [3.05, 3.63) is 96.1 Å². The quantitative estimate of drug-likeness (QED) is 0.321. The lowest BCUT2D eigenvalue weighted by Crippen LogP contribution is -2.31. The summed E-state index contributed by atoms with van der Waals surface area (Å²) in [5, 5.41) is -0.0631. The number of carbonyl (C=O) groups is 1. The van der Waals surface area contributed by atoms with Crippen molar-refractivity contribution in [3.8, 4) is 0 Å². The molecule has 3 heterocycles. The maximum absolute atomic E-state index is 13.2. The number of furan rings is 2. The van der Waals surface area contributed by atoms with E-state index in [1.807, 2.05) is 6.07 Å². The van der Waals surface area contributed by atoms with Crippen LogP contribution in [0.4, 0.5) is 0 Å². The third kappa shape index (κ3) is 5.46. The van der Waals surface area contributed by atoms with Crippen molar-refractivity contribution in [2.45, 2.75) is 30.5 Å². The Morgan fingerprint density at radius 2 is 1.79 bits per heavy atom. The molecule has 0 aliphatic carbocycles. The lowest BCUT2D eigenvalue weighted by Gasteiger charge is -2.22. The number of ether oxygens (including phenoxy) is 1. The van der Waals surface area contributed by atoms with E-state index in [0.717, 1.165) is 0 Å². The number of nitrogens with zero attached hydrogens (tertiary/aromatic N) is 3. The minimum absolute atomic E-state index is 0.0631. The molecule has 9 nitrogen and oxygen atoms in total. The smallest absolute Gasteiger partial charge is 0.290 e. The number of aromatic nitrogens is 2. The molecule has 0 spiro atoms. The molecule has 0 fully saturated rings. The Balaban J connectivity index is 1.66. The SMILES string of the molecule is COCCn1c(CN(Cc2ccco2)C(=O)c2ccco2)cnc1S(=O)(=O)Cc1ccccc1. The standard InChI is InChI=1S/C24H25N3O6S/c1-31-14-11-27-20(15-25-24(27)34(29,30)18-19-7-3-2-4-8-19)16-26(17-21-9-5-12-32-21)23(28)22-10-6-13-33-22/h2-10,12-13,15H,11,14,16-18H2,1H3. The molecule has 0 aliphatic heterocycles. The molecule has 1 amide bonds. The van der Waals surface area contributed by atoms with Gasteiger partial charge in [0.15, 0.2) is 5.76 Å². The van der Waals surface area contributed by atoms with E-state index in [4.69, 9.17) is 13.6 Å². The van der Waals surface area contributed by atoms with Gasteiger partial charge in [0.25, 0.3) is 5.91 Å². The summed E-state index contributed by atoms with van der Waals surface area (Å²) in [4.78, 5) is 18.9. The van der Waals surface area contributed by atoms with Crippen molar-refractivity contribution in [3.63, 3.8) is 0 Å². The van der Waals surface area contributed by atoms with Gasteiger partial charge in [0.1, 0.15) is 5.76 Å². The van der Waals surface area contributed by atoms with Gasteiger partial charge in [0.05, 0.1) is 49.9 Å². The van der Waals surface area contributed by atoms with Crippen molar-refractivity contribution in [1.82, 2.24) is 14.5 Å². The number of sulfone groups is 1. The second-order valence-electron chi connectivity index (χ2n) is 7.64. The van der Waals surface area contributed by atoms with Crippen LogP contribution in [0.25, 0.3) is 0 Å². The van der Waals surface area contributed by atoms with Crippen LogP contribution >= 0.6 is 0 Å². The second kappa shape index (κ2) is 10.5. The Bertz CT molecular complexity index is 1300. The fraction of sp³-hybridized carbons (Fsp3) is 0.250. The van der Waals surface area contributed by atoms with Crippen molar-refractivity contribution >= 4 is 15.7 Å². The highest BCUT2D eigenvalue weighted by Gasteiger charge is 2.27. The molecule has 0 saturated carbocycles. The minimum Gasteiger partial charge on any atom is -0.467 e. The zero-order valence-corrected chi connectivity index (χ0v) is 19.5. The first kappa shape index (κ1) is 23.5. The van der Waals surface area contributed by atoms with Gasteiger partial charge in [0.2, 0.25) is 15.0 Å². The van der Waals surface area contributed by atoms with E-state index in [1.165, 1.54) is 23.6 Å². The molecule has 0 aliphatic rings. The van der Waals surface area contributed by atoms with E-state index in [9.17, 15) is 13.2 Å². The van der Waals surface area contributed by atoms with Crippen LogP contribution in [0.5, 0.6) is 0 Å². The summed E-state index contributed by atoms with van der Waals surface area (Å²) >= 11 is 0. The van der Waals surface area contributed by atoms with Gasteiger partial charge in [-0.3, -0.25) is 4.79 Å².